The molecule has 3 nitrogen and oxygen atoms in total. The average Bonchev–Trinajstić information content (AvgIpc) is 3.61. The van der Waals surface area contributed by atoms with Crippen molar-refractivity contribution in [1.82, 2.24) is 0 Å². The van der Waals surface area contributed by atoms with Gasteiger partial charge in [-0.05, 0) is 44.9 Å². The lowest BCUT2D eigenvalue weighted by atomic mass is 9.98. The predicted molar refractivity (Wildman–Crippen MR) is 212 cm³/mol. The van der Waals surface area contributed by atoms with E-state index in [4.69, 9.17) is 9.47 Å². The van der Waals surface area contributed by atoms with Gasteiger partial charge in [0.05, 0.1) is 39.4 Å². The molecule has 1 aliphatic carbocycles. The molecule has 0 aromatic heterocycles. The SMILES string of the molecule is CCCCCC=CCC=CCCCCCCCCC1(CCCCCCCCCCCCCCCCCC)O[C@H]2CC([N+](C)(C)C)C[C@H]2O1. The van der Waals surface area contributed by atoms with Gasteiger partial charge in [-0.1, -0.05) is 173 Å². The first-order chi connectivity index (χ1) is 23.4. The summed E-state index contributed by atoms with van der Waals surface area (Å²) < 4.78 is 14.8. The van der Waals surface area contributed by atoms with Crippen LogP contribution in [0.2, 0.25) is 0 Å². The van der Waals surface area contributed by atoms with Gasteiger partial charge in [0.1, 0.15) is 0 Å². The Morgan fingerprint density at radius 2 is 0.792 bits per heavy atom. The molecule has 282 valence electrons. The highest BCUT2D eigenvalue weighted by Crippen LogP contribution is 2.45. The van der Waals surface area contributed by atoms with Crippen molar-refractivity contribution in [2.24, 2.45) is 0 Å². The summed E-state index contributed by atoms with van der Waals surface area (Å²) in [7, 11) is 7.00. The Hall–Kier alpha value is -0.640. The number of nitrogens with zero attached hydrogens (tertiary/aromatic N) is 1. The third-order valence-corrected chi connectivity index (χ3v) is 11.4. The highest BCUT2D eigenvalue weighted by molar-refractivity contribution is 4.95. The standard InChI is InChI=1S/C45H86NO2/c1-6-8-10-12-14-16-18-20-22-24-26-28-30-32-34-36-38-45(47-43-40-42(46(3,4)5)41-44(43)48-45)39-37-35-33-31-29-27-25-23-21-19-17-15-13-11-9-7-2/h14,16,20,22,42-44H,6-13,15,17-19,21,23-41H2,1-5H3/q+1/t42?,43-,44+,45?. The van der Waals surface area contributed by atoms with Crippen LogP contribution in [0.25, 0.3) is 0 Å². The second-order valence-electron chi connectivity index (χ2n) is 16.9. The first-order valence-electron chi connectivity index (χ1n) is 21.9. The van der Waals surface area contributed by atoms with Gasteiger partial charge >= 0.3 is 0 Å². The van der Waals surface area contributed by atoms with E-state index in [0.29, 0.717) is 18.2 Å². The maximum absolute atomic E-state index is 6.90. The number of quaternary nitrogens is 1. The molecular formula is C45H86NO2+. The van der Waals surface area contributed by atoms with Crippen molar-refractivity contribution in [1.29, 1.82) is 0 Å². The normalized spacial score (nSPS) is 22.9. The van der Waals surface area contributed by atoms with E-state index in [1.165, 1.54) is 186 Å². The van der Waals surface area contributed by atoms with E-state index >= 15 is 0 Å². The maximum Gasteiger partial charge on any atom is 0.169 e. The van der Waals surface area contributed by atoms with Crippen LogP contribution in [0.5, 0.6) is 0 Å². The predicted octanol–water partition coefficient (Wildman–Crippen LogP) is 14.2. The summed E-state index contributed by atoms with van der Waals surface area (Å²) in [4.78, 5) is 0. The Morgan fingerprint density at radius 1 is 0.458 bits per heavy atom. The lowest BCUT2D eigenvalue weighted by Crippen LogP contribution is -2.45. The van der Waals surface area contributed by atoms with Crippen LogP contribution in [-0.2, 0) is 9.47 Å². The molecule has 2 aliphatic rings. The minimum absolute atomic E-state index is 0.295. The molecule has 0 N–H and O–H groups in total. The number of rotatable bonds is 33. The van der Waals surface area contributed by atoms with Crippen LogP contribution in [-0.4, -0.2) is 49.7 Å². The van der Waals surface area contributed by atoms with E-state index in [0.717, 1.165) is 23.7 Å². The number of ether oxygens (including phenoxy) is 2. The molecule has 3 heteroatoms. The molecule has 0 radical (unpaired) electrons. The average molecular weight is 673 g/mol. The Morgan fingerprint density at radius 3 is 1.19 bits per heavy atom. The van der Waals surface area contributed by atoms with E-state index in [1.807, 2.05) is 0 Å². The summed E-state index contributed by atoms with van der Waals surface area (Å²) in [5, 5.41) is 0. The number of allylic oxidation sites excluding steroid dienone is 4. The van der Waals surface area contributed by atoms with Gasteiger partial charge in [-0.3, -0.25) is 0 Å². The van der Waals surface area contributed by atoms with Gasteiger partial charge in [-0.15, -0.1) is 0 Å². The molecule has 48 heavy (non-hydrogen) atoms. The van der Waals surface area contributed by atoms with Gasteiger partial charge in [0.25, 0.3) is 0 Å². The fourth-order valence-corrected chi connectivity index (χ4v) is 8.08. The van der Waals surface area contributed by atoms with Crippen molar-refractivity contribution in [2.75, 3.05) is 21.1 Å². The quantitative estimate of drug-likeness (QED) is 0.0392. The van der Waals surface area contributed by atoms with Crippen LogP contribution < -0.4 is 0 Å². The molecule has 0 spiro atoms. The van der Waals surface area contributed by atoms with Crippen LogP contribution in [0.15, 0.2) is 24.3 Å². The zero-order valence-corrected chi connectivity index (χ0v) is 33.4. The van der Waals surface area contributed by atoms with Gasteiger partial charge in [-0.25, -0.2) is 0 Å². The fraction of sp³-hybridized carbons (Fsp3) is 0.911. The highest BCUT2D eigenvalue weighted by Gasteiger charge is 2.53. The zero-order chi connectivity index (χ0) is 34.6. The van der Waals surface area contributed by atoms with Gasteiger partial charge in [0.15, 0.2) is 5.79 Å². The number of fused-ring (bicyclic) bond motifs is 1. The van der Waals surface area contributed by atoms with Crippen molar-refractivity contribution in [3.63, 3.8) is 0 Å². The van der Waals surface area contributed by atoms with Gasteiger partial charge in [-0.2, -0.15) is 0 Å². The Labute approximate surface area is 302 Å². The monoisotopic (exact) mass is 673 g/mol. The highest BCUT2D eigenvalue weighted by atomic mass is 16.8. The van der Waals surface area contributed by atoms with Crippen LogP contribution in [0.4, 0.5) is 0 Å². The Bertz CT molecular complexity index is 768. The second-order valence-corrected chi connectivity index (χ2v) is 16.9. The number of hydrogen-bond donors (Lipinski definition) is 0. The van der Waals surface area contributed by atoms with E-state index in [2.05, 4.69) is 59.3 Å². The van der Waals surface area contributed by atoms with E-state index in [9.17, 15) is 0 Å². The van der Waals surface area contributed by atoms with Crippen molar-refractivity contribution >= 4 is 0 Å². The van der Waals surface area contributed by atoms with Crippen molar-refractivity contribution in [2.45, 2.75) is 243 Å². The number of unbranched alkanes of at least 4 members (excludes halogenated alkanes) is 24. The van der Waals surface area contributed by atoms with Gasteiger partial charge < -0.3 is 14.0 Å². The van der Waals surface area contributed by atoms with Gasteiger partial charge in [0.2, 0.25) is 0 Å². The Kier molecular flexibility index (Phi) is 25.4. The fourth-order valence-electron chi connectivity index (χ4n) is 8.08. The topological polar surface area (TPSA) is 18.5 Å². The second kappa shape index (κ2) is 28.0. The van der Waals surface area contributed by atoms with E-state index in [1.54, 1.807) is 0 Å². The first kappa shape index (κ1) is 43.5. The molecule has 0 amide bonds. The summed E-state index contributed by atoms with van der Waals surface area (Å²) in [5.41, 5.74) is 0. The number of hydrogen-bond acceptors (Lipinski definition) is 2. The maximum atomic E-state index is 6.90. The molecule has 1 saturated heterocycles. The lowest BCUT2D eigenvalue weighted by Gasteiger charge is -2.34. The molecular weight excluding hydrogens is 587 g/mol. The summed E-state index contributed by atoms with van der Waals surface area (Å²) in [6.07, 6.45) is 53.0. The largest absolute Gasteiger partial charge is 0.344 e. The van der Waals surface area contributed by atoms with Crippen LogP contribution in [0.1, 0.15) is 219 Å². The molecule has 0 aromatic carbocycles. The molecule has 1 heterocycles. The van der Waals surface area contributed by atoms with Crippen LogP contribution in [0, 0.1) is 0 Å². The molecule has 0 bridgehead atoms. The van der Waals surface area contributed by atoms with Crippen molar-refractivity contribution in [3.05, 3.63) is 24.3 Å². The van der Waals surface area contributed by atoms with Crippen molar-refractivity contribution in [3.8, 4) is 0 Å². The van der Waals surface area contributed by atoms with Crippen molar-refractivity contribution < 1.29 is 14.0 Å². The third kappa shape index (κ3) is 20.9. The van der Waals surface area contributed by atoms with Crippen LogP contribution >= 0.6 is 0 Å². The summed E-state index contributed by atoms with van der Waals surface area (Å²) >= 11 is 0. The third-order valence-electron chi connectivity index (χ3n) is 11.4. The molecule has 1 aliphatic heterocycles. The van der Waals surface area contributed by atoms with Gasteiger partial charge in [0, 0.05) is 25.7 Å². The molecule has 2 unspecified atom stereocenters. The summed E-state index contributed by atoms with van der Waals surface area (Å²) in [6.45, 7) is 4.58. The molecule has 4 atom stereocenters. The molecule has 2 rings (SSSR count). The molecule has 2 fully saturated rings. The van der Waals surface area contributed by atoms with E-state index < -0.39 is 0 Å². The molecule has 0 aromatic rings. The smallest absolute Gasteiger partial charge is 0.169 e. The minimum Gasteiger partial charge on any atom is -0.344 e. The van der Waals surface area contributed by atoms with Crippen LogP contribution in [0.3, 0.4) is 0 Å². The summed E-state index contributed by atoms with van der Waals surface area (Å²) in [5.74, 6) is -0.295. The summed E-state index contributed by atoms with van der Waals surface area (Å²) in [6, 6.07) is 0.662. The molecule has 1 saturated carbocycles. The lowest BCUT2D eigenvalue weighted by molar-refractivity contribution is -0.895. The zero-order valence-electron chi connectivity index (χ0n) is 33.4. The van der Waals surface area contributed by atoms with E-state index in [-0.39, 0.29) is 5.79 Å². The minimum atomic E-state index is -0.295. The Balaban J connectivity index is 1.55. The first-order valence-corrected chi connectivity index (χ1v) is 21.9.